The summed E-state index contributed by atoms with van der Waals surface area (Å²) in [6, 6.07) is 8.68. The summed E-state index contributed by atoms with van der Waals surface area (Å²) in [7, 11) is 1.32. The second-order valence-corrected chi connectivity index (χ2v) is 7.08. The van der Waals surface area contributed by atoms with Gasteiger partial charge >= 0.3 is 6.09 Å². The highest BCUT2D eigenvalue weighted by Gasteiger charge is 2.42. The summed E-state index contributed by atoms with van der Waals surface area (Å²) >= 11 is 0.883. The standard InChI is InChI=1S/C17H19N3O5S/c1-25-16(23)19-9-7-18(8-10-19)14(21)11-13-15(22)20(17(24)26-13)12-5-3-2-4-6-12/h2-6,13H,7-11H2,1H3. The molecule has 138 valence electrons. The van der Waals surface area contributed by atoms with Crippen molar-refractivity contribution in [3.05, 3.63) is 30.3 Å². The van der Waals surface area contributed by atoms with Gasteiger partial charge in [-0.15, -0.1) is 0 Å². The van der Waals surface area contributed by atoms with Gasteiger partial charge in [-0.2, -0.15) is 0 Å². The summed E-state index contributed by atoms with van der Waals surface area (Å²) in [4.78, 5) is 53.0. The summed E-state index contributed by atoms with van der Waals surface area (Å²) in [6.07, 6.45) is -0.445. The topological polar surface area (TPSA) is 87.2 Å². The molecule has 0 saturated carbocycles. The van der Waals surface area contributed by atoms with Crippen LogP contribution in [-0.4, -0.2) is 71.5 Å². The lowest BCUT2D eigenvalue weighted by atomic mass is 10.2. The lowest BCUT2D eigenvalue weighted by Gasteiger charge is -2.34. The Balaban J connectivity index is 1.58. The first kappa shape index (κ1) is 18.2. The maximum Gasteiger partial charge on any atom is 0.409 e. The van der Waals surface area contributed by atoms with Gasteiger partial charge in [-0.25, -0.2) is 9.69 Å². The number of ether oxygens (including phenoxy) is 1. The zero-order valence-corrected chi connectivity index (χ0v) is 15.1. The average molecular weight is 377 g/mol. The van der Waals surface area contributed by atoms with Crippen LogP contribution in [0, 0.1) is 0 Å². The number of hydrogen-bond donors (Lipinski definition) is 0. The maximum atomic E-state index is 12.6. The molecule has 1 aromatic carbocycles. The SMILES string of the molecule is COC(=O)N1CCN(C(=O)CC2SC(=O)N(c3ccccc3)C2=O)CC1. The normalized spacial score (nSPS) is 20.5. The quantitative estimate of drug-likeness (QED) is 0.794. The van der Waals surface area contributed by atoms with Crippen LogP contribution in [0.5, 0.6) is 0 Å². The molecule has 1 unspecified atom stereocenters. The molecule has 0 N–H and O–H groups in total. The van der Waals surface area contributed by atoms with Gasteiger partial charge in [0.25, 0.3) is 5.24 Å². The van der Waals surface area contributed by atoms with E-state index in [1.807, 2.05) is 0 Å². The van der Waals surface area contributed by atoms with Crippen LogP contribution < -0.4 is 4.90 Å². The van der Waals surface area contributed by atoms with Crippen LogP contribution in [0.25, 0.3) is 0 Å². The van der Waals surface area contributed by atoms with Gasteiger partial charge < -0.3 is 14.5 Å². The predicted molar refractivity (Wildman–Crippen MR) is 95.9 cm³/mol. The lowest BCUT2D eigenvalue weighted by molar-refractivity contribution is -0.134. The van der Waals surface area contributed by atoms with Crippen LogP contribution in [0.4, 0.5) is 15.3 Å². The minimum Gasteiger partial charge on any atom is -0.453 e. The molecule has 4 amide bonds. The monoisotopic (exact) mass is 377 g/mol. The molecule has 0 spiro atoms. The molecule has 0 bridgehead atoms. The highest BCUT2D eigenvalue weighted by Crippen LogP contribution is 2.33. The molecule has 2 heterocycles. The second-order valence-electron chi connectivity index (χ2n) is 5.92. The Morgan fingerprint density at radius 2 is 1.69 bits per heavy atom. The van der Waals surface area contributed by atoms with Crippen LogP contribution in [0.3, 0.4) is 0 Å². The number of carbonyl (C=O) groups excluding carboxylic acids is 4. The molecule has 2 fully saturated rings. The van der Waals surface area contributed by atoms with E-state index in [-0.39, 0.29) is 23.5 Å². The summed E-state index contributed by atoms with van der Waals surface area (Å²) in [5, 5.41) is -1.08. The van der Waals surface area contributed by atoms with Gasteiger partial charge in [0.05, 0.1) is 12.8 Å². The number of hydrogen-bond acceptors (Lipinski definition) is 6. The van der Waals surface area contributed by atoms with E-state index in [0.717, 1.165) is 16.7 Å². The Morgan fingerprint density at radius 1 is 1.08 bits per heavy atom. The number of imide groups is 1. The van der Waals surface area contributed by atoms with Crippen LogP contribution in [0.15, 0.2) is 30.3 Å². The Kier molecular flexibility index (Phi) is 5.46. The molecule has 1 atom stereocenters. The van der Waals surface area contributed by atoms with E-state index in [4.69, 9.17) is 0 Å². The summed E-state index contributed by atoms with van der Waals surface area (Å²) < 4.78 is 4.67. The van der Waals surface area contributed by atoms with Crippen LogP contribution in [0.2, 0.25) is 0 Å². The van der Waals surface area contributed by atoms with Crippen molar-refractivity contribution in [1.29, 1.82) is 0 Å². The molecule has 8 nitrogen and oxygen atoms in total. The van der Waals surface area contributed by atoms with E-state index in [1.165, 1.54) is 12.0 Å². The summed E-state index contributed by atoms with van der Waals surface area (Å²) in [5.74, 6) is -0.559. The highest BCUT2D eigenvalue weighted by molar-refractivity contribution is 8.15. The van der Waals surface area contributed by atoms with E-state index in [1.54, 1.807) is 35.2 Å². The number of methoxy groups -OCH3 is 1. The first-order valence-electron chi connectivity index (χ1n) is 8.21. The molecule has 0 aromatic heterocycles. The van der Waals surface area contributed by atoms with Crippen molar-refractivity contribution < 1.29 is 23.9 Å². The zero-order valence-electron chi connectivity index (χ0n) is 14.3. The Hall–Kier alpha value is -2.55. The van der Waals surface area contributed by atoms with Gasteiger partial charge in [0, 0.05) is 32.6 Å². The first-order valence-corrected chi connectivity index (χ1v) is 9.09. The number of piperazine rings is 1. The van der Waals surface area contributed by atoms with Gasteiger partial charge in [-0.05, 0) is 23.9 Å². The number of anilines is 1. The van der Waals surface area contributed by atoms with Crippen LogP contribution in [0.1, 0.15) is 6.42 Å². The third-order valence-corrected chi connectivity index (χ3v) is 5.40. The van der Waals surface area contributed by atoms with Gasteiger partial charge in [-0.1, -0.05) is 18.2 Å². The molecule has 2 saturated heterocycles. The fourth-order valence-corrected chi connectivity index (χ4v) is 3.93. The van der Waals surface area contributed by atoms with E-state index in [9.17, 15) is 19.2 Å². The zero-order chi connectivity index (χ0) is 18.7. The first-order chi connectivity index (χ1) is 12.5. The van der Waals surface area contributed by atoms with E-state index in [0.29, 0.717) is 31.9 Å². The Labute approximate surface area is 155 Å². The number of para-hydroxylation sites is 1. The molecule has 9 heteroatoms. The minimum absolute atomic E-state index is 0.0310. The van der Waals surface area contributed by atoms with Gasteiger partial charge in [-0.3, -0.25) is 14.4 Å². The number of thioether (sulfide) groups is 1. The van der Waals surface area contributed by atoms with Gasteiger partial charge in [0.15, 0.2) is 0 Å². The molecular formula is C17H19N3O5S. The van der Waals surface area contributed by atoms with E-state index in [2.05, 4.69) is 4.74 Å². The fraction of sp³-hybridized carbons (Fsp3) is 0.412. The highest BCUT2D eigenvalue weighted by atomic mass is 32.2. The van der Waals surface area contributed by atoms with Crippen molar-refractivity contribution in [1.82, 2.24) is 9.80 Å². The molecule has 0 aliphatic carbocycles. The molecule has 1 aromatic rings. The number of rotatable bonds is 3. The van der Waals surface area contributed by atoms with Gasteiger partial charge in [0.1, 0.15) is 5.25 Å². The smallest absolute Gasteiger partial charge is 0.409 e. The van der Waals surface area contributed by atoms with Crippen molar-refractivity contribution in [2.75, 3.05) is 38.2 Å². The third-order valence-electron chi connectivity index (χ3n) is 4.36. The van der Waals surface area contributed by atoms with E-state index >= 15 is 0 Å². The number of nitrogens with zero attached hydrogens (tertiary/aromatic N) is 3. The molecule has 2 aliphatic rings. The number of carbonyl (C=O) groups is 4. The minimum atomic E-state index is -0.714. The molecule has 0 radical (unpaired) electrons. The predicted octanol–water partition coefficient (Wildman–Crippen LogP) is 1.56. The van der Waals surface area contributed by atoms with Crippen molar-refractivity contribution in [3.63, 3.8) is 0 Å². The number of amides is 4. The third kappa shape index (κ3) is 3.67. The largest absolute Gasteiger partial charge is 0.453 e. The van der Waals surface area contributed by atoms with Crippen LogP contribution in [-0.2, 0) is 14.3 Å². The average Bonchev–Trinajstić information content (AvgIpc) is 2.95. The summed E-state index contributed by atoms with van der Waals surface area (Å²) in [5.41, 5.74) is 0.511. The van der Waals surface area contributed by atoms with Crippen molar-refractivity contribution in [2.45, 2.75) is 11.7 Å². The van der Waals surface area contributed by atoms with Crippen molar-refractivity contribution >= 4 is 40.6 Å². The van der Waals surface area contributed by atoms with Crippen molar-refractivity contribution in [2.24, 2.45) is 0 Å². The molecule has 26 heavy (non-hydrogen) atoms. The molecule has 2 aliphatic heterocycles. The van der Waals surface area contributed by atoms with E-state index < -0.39 is 11.3 Å². The van der Waals surface area contributed by atoms with Gasteiger partial charge in [0.2, 0.25) is 11.8 Å². The molecule has 3 rings (SSSR count). The number of benzene rings is 1. The fourth-order valence-electron chi connectivity index (χ4n) is 2.95. The summed E-state index contributed by atoms with van der Waals surface area (Å²) in [6.45, 7) is 1.55. The maximum absolute atomic E-state index is 12.6. The second kappa shape index (κ2) is 7.77. The molecular weight excluding hydrogens is 358 g/mol. The lowest BCUT2D eigenvalue weighted by Crippen LogP contribution is -2.51. The van der Waals surface area contributed by atoms with Crippen molar-refractivity contribution in [3.8, 4) is 0 Å². The Bertz CT molecular complexity index is 718. The Morgan fingerprint density at radius 3 is 2.31 bits per heavy atom. The van der Waals surface area contributed by atoms with Crippen LogP contribution >= 0.6 is 11.8 Å².